The maximum absolute atomic E-state index is 11.4. The number of rotatable bonds is 5. The second kappa shape index (κ2) is 4.87. The van der Waals surface area contributed by atoms with Crippen LogP contribution in [0.5, 0.6) is 11.6 Å². The van der Waals surface area contributed by atoms with Crippen molar-refractivity contribution < 1.29 is 9.47 Å². The fourth-order valence-corrected chi connectivity index (χ4v) is 1.55. The molecule has 0 unspecified atom stereocenters. The van der Waals surface area contributed by atoms with Gasteiger partial charge in [-0.2, -0.15) is 0 Å². The normalized spacial score (nSPS) is 10.3. The SMILES string of the molecule is CCOc1c(Nc2cccnc2OC)c(=O)c1=O. The van der Waals surface area contributed by atoms with Gasteiger partial charge in [0, 0.05) is 6.20 Å². The van der Waals surface area contributed by atoms with Crippen molar-refractivity contribution in [3.05, 3.63) is 38.8 Å². The molecule has 6 nitrogen and oxygen atoms in total. The van der Waals surface area contributed by atoms with Crippen LogP contribution in [0.4, 0.5) is 11.4 Å². The van der Waals surface area contributed by atoms with Gasteiger partial charge in [-0.25, -0.2) is 4.98 Å². The molecule has 0 saturated carbocycles. The van der Waals surface area contributed by atoms with Crippen molar-refractivity contribution in [2.24, 2.45) is 0 Å². The molecule has 0 radical (unpaired) electrons. The molecule has 0 aliphatic heterocycles. The number of methoxy groups -OCH3 is 1. The molecule has 1 heterocycles. The molecule has 0 saturated heterocycles. The molecular formula is C12H12N2O4. The van der Waals surface area contributed by atoms with E-state index in [1.807, 2.05) is 0 Å². The van der Waals surface area contributed by atoms with Gasteiger partial charge in [-0.05, 0) is 19.1 Å². The minimum absolute atomic E-state index is 0.0633. The van der Waals surface area contributed by atoms with E-state index in [4.69, 9.17) is 9.47 Å². The van der Waals surface area contributed by atoms with Crippen molar-refractivity contribution in [1.82, 2.24) is 4.98 Å². The quantitative estimate of drug-likeness (QED) is 0.790. The molecule has 6 heteroatoms. The van der Waals surface area contributed by atoms with Gasteiger partial charge in [0.2, 0.25) is 5.88 Å². The number of anilines is 2. The Bertz CT molecular complexity index is 629. The van der Waals surface area contributed by atoms with Crippen molar-refractivity contribution in [1.29, 1.82) is 0 Å². The summed E-state index contributed by atoms with van der Waals surface area (Å²) in [7, 11) is 1.47. The number of hydrogen-bond donors (Lipinski definition) is 1. The molecule has 0 bridgehead atoms. The topological polar surface area (TPSA) is 77.5 Å². The van der Waals surface area contributed by atoms with E-state index in [0.29, 0.717) is 18.2 Å². The molecule has 2 rings (SSSR count). The summed E-state index contributed by atoms with van der Waals surface area (Å²) in [6.07, 6.45) is 1.57. The zero-order chi connectivity index (χ0) is 13.1. The number of nitrogens with one attached hydrogen (secondary N) is 1. The van der Waals surface area contributed by atoms with Crippen LogP contribution in [0.25, 0.3) is 0 Å². The largest absolute Gasteiger partial charge is 0.488 e. The van der Waals surface area contributed by atoms with Crippen LogP contribution in [-0.4, -0.2) is 18.7 Å². The molecular weight excluding hydrogens is 236 g/mol. The Morgan fingerprint density at radius 2 is 2.11 bits per heavy atom. The lowest BCUT2D eigenvalue weighted by Crippen LogP contribution is -2.35. The molecule has 0 fully saturated rings. The van der Waals surface area contributed by atoms with Crippen molar-refractivity contribution in [3.8, 4) is 11.6 Å². The predicted octanol–water partition coefficient (Wildman–Crippen LogP) is 0.828. The lowest BCUT2D eigenvalue weighted by Gasteiger charge is -2.14. The lowest BCUT2D eigenvalue weighted by molar-refractivity contribution is 0.335. The summed E-state index contributed by atoms with van der Waals surface area (Å²) in [6.45, 7) is 2.06. The monoisotopic (exact) mass is 248 g/mol. The van der Waals surface area contributed by atoms with Gasteiger partial charge in [-0.3, -0.25) is 9.59 Å². The number of aromatic nitrogens is 1. The fraction of sp³-hybridized carbons (Fsp3) is 0.250. The second-order valence-electron chi connectivity index (χ2n) is 3.48. The van der Waals surface area contributed by atoms with Gasteiger partial charge in [0.25, 0.3) is 10.9 Å². The van der Waals surface area contributed by atoms with Crippen molar-refractivity contribution in [2.75, 3.05) is 19.0 Å². The maximum atomic E-state index is 11.4. The van der Waals surface area contributed by atoms with Crippen LogP contribution in [0.15, 0.2) is 27.9 Å². The molecule has 1 aromatic carbocycles. The first-order chi connectivity index (χ1) is 8.69. The Hall–Kier alpha value is -2.37. The Balaban J connectivity index is 2.32. The Morgan fingerprint density at radius 3 is 2.78 bits per heavy atom. The first-order valence-corrected chi connectivity index (χ1v) is 5.41. The first-order valence-electron chi connectivity index (χ1n) is 5.41. The third kappa shape index (κ3) is 1.92. The summed E-state index contributed by atoms with van der Waals surface area (Å²) >= 11 is 0. The Labute approximate surface area is 103 Å². The zero-order valence-electron chi connectivity index (χ0n) is 10.0. The van der Waals surface area contributed by atoms with Gasteiger partial charge >= 0.3 is 0 Å². The zero-order valence-corrected chi connectivity index (χ0v) is 10.0. The van der Waals surface area contributed by atoms with E-state index in [0.717, 1.165) is 0 Å². The number of pyridine rings is 1. The van der Waals surface area contributed by atoms with Gasteiger partial charge in [-0.15, -0.1) is 0 Å². The second-order valence-corrected chi connectivity index (χ2v) is 3.48. The molecule has 94 valence electrons. The van der Waals surface area contributed by atoms with E-state index >= 15 is 0 Å². The average molecular weight is 248 g/mol. The number of hydrogen-bond acceptors (Lipinski definition) is 6. The molecule has 2 aromatic rings. The van der Waals surface area contributed by atoms with Crippen LogP contribution in [-0.2, 0) is 0 Å². The molecule has 0 spiro atoms. The van der Waals surface area contributed by atoms with Gasteiger partial charge in [0.05, 0.1) is 13.7 Å². The lowest BCUT2D eigenvalue weighted by atomic mass is 10.2. The summed E-state index contributed by atoms with van der Waals surface area (Å²) in [5.74, 6) is 0.404. The standard InChI is InChI=1S/C12H12N2O4/c1-3-18-11-8(9(15)10(11)16)14-7-5-4-6-13-12(7)17-2/h4-6,14H,3H2,1-2H3. The van der Waals surface area contributed by atoms with Gasteiger partial charge in [0.1, 0.15) is 11.4 Å². The van der Waals surface area contributed by atoms with E-state index in [-0.39, 0.29) is 11.4 Å². The summed E-state index contributed by atoms with van der Waals surface area (Å²) in [5.41, 5.74) is -0.548. The van der Waals surface area contributed by atoms with Crippen LogP contribution in [0.2, 0.25) is 0 Å². The average Bonchev–Trinajstić information content (AvgIpc) is 2.42. The fourth-order valence-electron chi connectivity index (χ4n) is 1.55. The Morgan fingerprint density at radius 1 is 1.33 bits per heavy atom. The smallest absolute Gasteiger partial charge is 0.272 e. The summed E-state index contributed by atoms with van der Waals surface area (Å²) in [6, 6.07) is 3.38. The molecule has 18 heavy (non-hydrogen) atoms. The highest BCUT2D eigenvalue weighted by molar-refractivity contribution is 5.72. The van der Waals surface area contributed by atoms with Crippen LogP contribution in [0.3, 0.4) is 0 Å². The van der Waals surface area contributed by atoms with Crippen molar-refractivity contribution in [3.63, 3.8) is 0 Å². The van der Waals surface area contributed by atoms with E-state index in [1.54, 1.807) is 25.3 Å². The van der Waals surface area contributed by atoms with E-state index in [1.165, 1.54) is 7.11 Å². The summed E-state index contributed by atoms with van der Waals surface area (Å²) in [4.78, 5) is 26.7. The Kier molecular flexibility index (Phi) is 3.27. The maximum Gasteiger partial charge on any atom is 0.272 e. The first kappa shape index (κ1) is 12.1. The molecule has 0 amide bonds. The van der Waals surface area contributed by atoms with Gasteiger partial charge in [0.15, 0.2) is 5.75 Å². The molecule has 0 aliphatic carbocycles. The number of nitrogens with zero attached hydrogens (tertiary/aromatic N) is 1. The van der Waals surface area contributed by atoms with Crippen molar-refractivity contribution >= 4 is 11.4 Å². The molecule has 1 N–H and O–H groups in total. The highest BCUT2D eigenvalue weighted by Gasteiger charge is 2.23. The van der Waals surface area contributed by atoms with Crippen LogP contribution >= 0.6 is 0 Å². The van der Waals surface area contributed by atoms with E-state index < -0.39 is 10.9 Å². The third-order valence-corrected chi connectivity index (χ3v) is 2.38. The van der Waals surface area contributed by atoms with Crippen LogP contribution in [0.1, 0.15) is 6.92 Å². The summed E-state index contributed by atoms with van der Waals surface area (Å²) in [5, 5.41) is 2.81. The highest BCUT2D eigenvalue weighted by Crippen LogP contribution is 2.27. The van der Waals surface area contributed by atoms with Gasteiger partial charge in [-0.1, -0.05) is 0 Å². The highest BCUT2D eigenvalue weighted by atomic mass is 16.5. The molecule has 0 atom stereocenters. The predicted molar refractivity (Wildman–Crippen MR) is 66.6 cm³/mol. The van der Waals surface area contributed by atoms with Crippen LogP contribution in [0, 0.1) is 0 Å². The van der Waals surface area contributed by atoms with Crippen molar-refractivity contribution in [2.45, 2.75) is 6.92 Å². The molecule has 1 aromatic heterocycles. The minimum atomic E-state index is -0.609. The van der Waals surface area contributed by atoms with Crippen LogP contribution < -0.4 is 25.6 Å². The summed E-state index contributed by atoms with van der Waals surface area (Å²) < 4.78 is 10.1. The number of ether oxygens (including phenoxy) is 2. The van der Waals surface area contributed by atoms with Gasteiger partial charge < -0.3 is 14.8 Å². The van der Waals surface area contributed by atoms with E-state index in [9.17, 15) is 9.59 Å². The minimum Gasteiger partial charge on any atom is -0.488 e. The molecule has 0 aliphatic rings. The van der Waals surface area contributed by atoms with E-state index in [2.05, 4.69) is 10.3 Å². The third-order valence-electron chi connectivity index (χ3n) is 2.38.